The molecule has 1 aliphatic rings. The molecular weight excluding hydrogens is 478 g/mol. The molecular formula is C27H28F2N6O2. The number of halogens is 2. The topological polar surface area (TPSA) is 94.7 Å². The monoisotopic (exact) mass is 506 g/mol. The number of imidazole rings is 1. The Labute approximate surface area is 212 Å². The zero-order chi connectivity index (χ0) is 25.9. The van der Waals surface area contributed by atoms with E-state index in [9.17, 15) is 18.4 Å². The van der Waals surface area contributed by atoms with Gasteiger partial charge >= 0.3 is 0 Å². The fourth-order valence-electron chi connectivity index (χ4n) is 4.82. The molecule has 0 amide bonds. The van der Waals surface area contributed by atoms with Gasteiger partial charge in [0.25, 0.3) is 5.56 Å². The van der Waals surface area contributed by atoms with Crippen LogP contribution in [0.5, 0.6) is 0 Å². The third kappa shape index (κ3) is 5.42. The molecule has 0 atom stereocenters. The lowest BCUT2D eigenvalue weighted by atomic mass is 9.89. The molecule has 1 aromatic carbocycles. The Morgan fingerprint density at radius 2 is 1.89 bits per heavy atom. The van der Waals surface area contributed by atoms with Crippen LogP contribution in [0.3, 0.4) is 0 Å². The molecule has 0 spiro atoms. The predicted molar refractivity (Wildman–Crippen MR) is 136 cm³/mol. The van der Waals surface area contributed by atoms with Gasteiger partial charge in [0.1, 0.15) is 11.8 Å². The average Bonchev–Trinajstić information content (AvgIpc) is 3.38. The smallest absolute Gasteiger partial charge is 0.294 e. The Morgan fingerprint density at radius 1 is 1.08 bits per heavy atom. The molecule has 37 heavy (non-hydrogen) atoms. The Morgan fingerprint density at radius 3 is 2.62 bits per heavy atom. The third-order valence-corrected chi connectivity index (χ3v) is 6.84. The molecule has 3 heterocycles. The van der Waals surface area contributed by atoms with Crippen molar-refractivity contribution in [2.45, 2.75) is 52.0 Å². The van der Waals surface area contributed by atoms with Gasteiger partial charge in [-0.25, -0.2) is 23.7 Å². The van der Waals surface area contributed by atoms with Gasteiger partial charge in [0.2, 0.25) is 5.91 Å². The summed E-state index contributed by atoms with van der Waals surface area (Å²) in [7, 11) is 0. The van der Waals surface area contributed by atoms with Crippen molar-refractivity contribution >= 4 is 22.9 Å². The summed E-state index contributed by atoms with van der Waals surface area (Å²) in [6.45, 7) is 2.39. The number of carbonyl (C=O) groups is 1. The SMILES string of the molecule is CC(=O)n1cnc(CCNc2nc3ccc(-c4ccc(F)c(F)c4)nc3n(CC3CCCCC3)c2=O)c1. The molecule has 1 saturated carbocycles. The average molecular weight is 507 g/mol. The van der Waals surface area contributed by atoms with Crippen molar-refractivity contribution in [3.63, 3.8) is 0 Å². The van der Waals surface area contributed by atoms with Gasteiger partial charge in [-0.15, -0.1) is 0 Å². The van der Waals surface area contributed by atoms with Crippen LogP contribution >= 0.6 is 0 Å². The van der Waals surface area contributed by atoms with Crippen LogP contribution in [-0.2, 0) is 13.0 Å². The number of aromatic nitrogens is 5. The van der Waals surface area contributed by atoms with Crippen LogP contribution in [0.15, 0.2) is 47.7 Å². The first-order valence-electron chi connectivity index (χ1n) is 12.5. The summed E-state index contributed by atoms with van der Waals surface area (Å²) in [6, 6.07) is 7.07. The molecule has 0 aliphatic heterocycles. The van der Waals surface area contributed by atoms with Crippen LogP contribution in [0.25, 0.3) is 22.4 Å². The van der Waals surface area contributed by atoms with Crippen LogP contribution in [0.2, 0.25) is 0 Å². The molecule has 1 fully saturated rings. The first kappa shape index (κ1) is 24.7. The Hall–Kier alpha value is -3.95. The minimum Gasteiger partial charge on any atom is -0.365 e. The predicted octanol–water partition coefficient (Wildman–Crippen LogP) is 4.83. The summed E-state index contributed by atoms with van der Waals surface area (Å²) in [5, 5.41) is 3.13. The molecule has 10 heteroatoms. The summed E-state index contributed by atoms with van der Waals surface area (Å²) >= 11 is 0. The van der Waals surface area contributed by atoms with E-state index in [0.717, 1.165) is 43.5 Å². The molecule has 0 saturated heterocycles. The van der Waals surface area contributed by atoms with Crippen molar-refractivity contribution < 1.29 is 13.6 Å². The lowest BCUT2D eigenvalue weighted by Crippen LogP contribution is -2.30. The van der Waals surface area contributed by atoms with Gasteiger partial charge in [-0.2, -0.15) is 0 Å². The number of nitrogens with one attached hydrogen (secondary N) is 1. The second kappa shape index (κ2) is 10.6. The summed E-state index contributed by atoms with van der Waals surface area (Å²) in [6.07, 6.45) is 9.20. The minimum absolute atomic E-state index is 0.122. The van der Waals surface area contributed by atoms with Gasteiger partial charge < -0.3 is 5.32 Å². The number of pyridine rings is 1. The van der Waals surface area contributed by atoms with Gasteiger partial charge in [0.15, 0.2) is 23.1 Å². The van der Waals surface area contributed by atoms with Crippen molar-refractivity contribution in [2.24, 2.45) is 5.92 Å². The molecule has 3 aromatic heterocycles. The second-order valence-corrected chi connectivity index (χ2v) is 9.52. The van der Waals surface area contributed by atoms with Gasteiger partial charge in [-0.05, 0) is 49.1 Å². The lowest BCUT2D eigenvalue weighted by molar-refractivity contribution is 0.0936. The lowest BCUT2D eigenvalue weighted by Gasteiger charge is -2.23. The maximum absolute atomic E-state index is 13.9. The van der Waals surface area contributed by atoms with Crippen LogP contribution in [0, 0.1) is 17.6 Å². The maximum atomic E-state index is 13.9. The van der Waals surface area contributed by atoms with Gasteiger partial charge in [-0.1, -0.05) is 19.3 Å². The molecule has 0 unspecified atom stereocenters. The molecule has 0 bridgehead atoms. The zero-order valence-electron chi connectivity index (χ0n) is 20.6. The van der Waals surface area contributed by atoms with E-state index in [1.165, 1.54) is 30.3 Å². The van der Waals surface area contributed by atoms with E-state index in [4.69, 9.17) is 0 Å². The van der Waals surface area contributed by atoms with E-state index in [2.05, 4.69) is 20.3 Å². The largest absolute Gasteiger partial charge is 0.365 e. The highest BCUT2D eigenvalue weighted by Crippen LogP contribution is 2.27. The van der Waals surface area contributed by atoms with E-state index in [0.29, 0.717) is 47.8 Å². The molecule has 4 aromatic rings. The number of hydrogen-bond donors (Lipinski definition) is 1. The molecule has 5 rings (SSSR count). The van der Waals surface area contributed by atoms with Crippen LogP contribution in [-0.4, -0.2) is 36.5 Å². The highest BCUT2D eigenvalue weighted by Gasteiger charge is 2.19. The summed E-state index contributed by atoms with van der Waals surface area (Å²) in [5.74, 6) is -1.43. The van der Waals surface area contributed by atoms with Crippen LogP contribution in [0.4, 0.5) is 14.6 Å². The fraction of sp³-hybridized carbons (Fsp3) is 0.370. The second-order valence-electron chi connectivity index (χ2n) is 9.52. The van der Waals surface area contributed by atoms with Crippen LogP contribution in [0.1, 0.15) is 49.5 Å². The van der Waals surface area contributed by atoms with Crippen molar-refractivity contribution in [1.29, 1.82) is 0 Å². The Balaban J connectivity index is 1.47. The van der Waals surface area contributed by atoms with E-state index in [1.807, 2.05) is 0 Å². The maximum Gasteiger partial charge on any atom is 0.294 e. The number of anilines is 1. The van der Waals surface area contributed by atoms with Crippen molar-refractivity contribution in [1.82, 2.24) is 24.1 Å². The van der Waals surface area contributed by atoms with Crippen LogP contribution < -0.4 is 10.9 Å². The van der Waals surface area contributed by atoms with Crippen molar-refractivity contribution in [3.8, 4) is 11.3 Å². The quantitative estimate of drug-likeness (QED) is 0.386. The summed E-state index contributed by atoms with van der Waals surface area (Å²) in [4.78, 5) is 38.5. The molecule has 192 valence electrons. The Bertz CT molecular complexity index is 1510. The first-order chi connectivity index (χ1) is 17.9. The summed E-state index contributed by atoms with van der Waals surface area (Å²) < 4.78 is 30.4. The zero-order valence-corrected chi connectivity index (χ0v) is 20.6. The first-order valence-corrected chi connectivity index (χ1v) is 12.5. The Kier molecular flexibility index (Phi) is 7.07. The van der Waals surface area contributed by atoms with Crippen molar-refractivity contribution in [3.05, 3.63) is 70.5 Å². The highest BCUT2D eigenvalue weighted by atomic mass is 19.2. The van der Waals surface area contributed by atoms with E-state index in [1.54, 1.807) is 22.9 Å². The highest BCUT2D eigenvalue weighted by molar-refractivity contribution is 5.77. The number of benzene rings is 1. The molecule has 1 N–H and O–H groups in total. The van der Waals surface area contributed by atoms with Gasteiger partial charge in [-0.3, -0.25) is 18.7 Å². The third-order valence-electron chi connectivity index (χ3n) is 6.84. The van der Waals surface area contributed by atoms with Crippen molar-refractivity contribution in [2.75, 3.05) is 11.9 Å². The minimum atomic E-state index is -0.954. The van der Waals surface area contributed by atoms with E-state index in [-0.39, 0.29) is 17.3 Å². The van der Waals surface area contributed by atoms with E-state index >= 15 is 0 Å². The fourth-order valence-corrected chi connectivity index (χ4v) is 4.82. The number of carbonyl (C=O) groups excluding carboxylic acids is 1. The summed E-state index contributed by atoms with van der Waals surface area (Å²) in [5.41, 5.74) is 2.26. The number of rotatable bonds is 7. The van der Waals surface area contributed by atoms with Gasteiger partial charge in [0, 0.05) is 38.2 Å². The molecule has 1 aliphatic carbocycles. The van der Waals surface area contributed by atoms with E-state index < -0.39 is 11.6 Å². The number of nitrogens with zero attached hydrogens (tertiary/aromatic N) is 5. The molecule has 0 radical (unpaired) electrons. The number of hydrogen-bond acceptors (Lipinski definition) is 6. The standard InChI is InChI=1S/C27H28F2N6O2/c1-17(36)34-15-20(31-16-34)11-12-30-25-27(37)35(14-18-5-3-2-4-6-18)26-24(32-25)10-9-23(33-26)19-7-8-21(28)22(29)13-19/h7-10,13,15-16,18H,2-6,11-12,14H2,1H3,(H,30,32). The normalized spacial score (nSPS) is 14.2. The number of fused-ring (bicyclic) bond motifs is 1. The molecule has 8 nitrogen and oxygen atoms in total. The van der Waals surface area contributed by atoms with Gasteiger partial charge in [0.05, 0.1) is 11.4 Å².